The number of Topliss-reactive ketones (excluding diaryl/α,β-unsaturated/α-hetero) is 1. The molecule has 1 fully saturated rings. The van der Waals surface area contributed by atoms with Crippen LogP contribution in [0.4, 0.5) is 0 Å². The van der Waals surface area contributed by atoms with Crippen LogP contribution < -0.4 is 0 Å². The normalized spacial score (nSPS) is 17.9. The van der Waals surface area contributed by atoms with Gasteiger partial charge in [-0.2, -0.15) is 0 Å². The summed E-state index contributed by atoms with van der Waals surface area (Å²) in [6, 6.07) is 1.94. The molecular weight excluding hydrogens is 248 g/mol. The van der Waals surface area contributed by atoms with Crippen molar-refractivity contribution in [3.63, 3.8) is 0 Å². The largest absolute Gasteiger partial charge is 0.294 e. The average Bonchev–Trinajstić information content (AvgIpc) is 2.72. The third kappa shape index (κ3) is 2.02. The number of carbonyl (C=O) groups is 1. The maximum atomic E-state index is 11.8. The van der Waals surface area contributed by atoms with Crippen LogP contribution in [-0.4, -0.2) is 5.78 Å². The smallest absolute Gasteiger partial charge is 0.166 e. The molecule has 70 valence electrons. The van der Waals surface area contributed by atoms with Gasteiger partial charge in [0, 0.05) is 16.9 Å². The number of halogens is 1. The summed E-state index contributed by atoms with van der Waals surface area (Å²) in [5.74, 6) is 0.654. The van der Waals surface area contributed by atoms with Crippen LogP contribution >= 0.6 is 27.3 Å². The van der Waals surface area contributed by atoms with Gasteiger partial charge in [-0.15, -0.1) is 11.3 Å². The molecule has 13 heavy (non-hydrogen) atoms. The Bertz CT molecular complexity index is 312. The lowest BCUT2D eigenvalue weighted by Gasteiger charge is -2.04. The van der Waals surface area contributed by atoms with E-state index in [9.17, 15) is 4.79 Å². The molecule has 3 heteroatoms. The van der Waals surface area contributed by atoms with E-state index in [-0.39, 0.29) is 0 Å². The van der Waals surface area contributed by atoms with E-state index in [2.05, 4.69) is 15.9 Å². The number of hydrogen-bond acceptors (Lipinski definition) is 2. The van der Waals surface area contributed by atoms with E-state index in [0.717, 1.165) is 22.2 Å². The Balaban J connectivity index is 2.12. The second-order valence-electron chi connectivity index (χ2n) is 3.49. The van der Waals surface area contributed by atoms with Crippen LogP contribution in [0.5, 0.6) is 0 Å². The molecule has 0 saturated heterocycles. The molecule has 1 saturated carbocycles. The highest BCUT2D eigenvalue weighted by Gasteiger charge is 2.24. The lowest BCUT2D eigenvalue weighted by molar-refractivity contribution is 0.0923. The molecular formula is C10H11BrOS. The summed E-state index contributed by atoms with van der Waals surface area (Å²) in [6.45, 7) is 0. The highest BCUT2D eigenvalue weighted by molar-refractivity contribution is 9.11. The van der Waals surface area contributed by atoms with Gasteiger partial charge in [-0.1, -0.05) is 12.8 Å². The highest BCUT2D eigenvalue weighted by atomic mass is 79.9. The molecule has 1 aromatic heterocycles. The van der Waals surface area contributed by atoms with Gasteiger partial charge in [0.25, 0.3) is 0 Å². The van der Waals surface area contributed by atoms with Crippen LogP contribution in [0, 0.1) is 5.92 Å². The van der Waals surface area contributed by atoms with Gasteiger partial charge >= 0.3 is 0 Å². The fourth-order valence-electron chi connectivity index (χ4n) is 1.86. The lowest BCUT2D eigenvalue weighted by Crippen LogP contribution is -2.09. The molecule has 1 aliphatic rings. The Morgan fingerprint density at radius 2 is 2.15 bits per heavy atom. The van der Waals surface area contributed by atoms with E-state index in [0.29, 0.717) is 11.7 Å². The van der Waals surface area contributed by atoms with Crippen LogP contribution in [0.15, 0.2) is 15.2 Å². The Morgan fingerprint density at radius 1 is 1.46 bits per heavy atom. The van der Waals surface area contributed by atoms with Gasteiger partial charge < -0.3 is 0 Å². The molecule has 2 rings (SSSR count). The topological polar surface area (TPSA) is 17.1 Å². The zero-order valence-corrected chi connectivity index (χ0v) is 9.66. The van der Waals surface area contributed by atoms with E-state index in [1.54, 1.807) is 11.3 Å². The summed E-state index contributed by atoms with van der Waals surface area (Å²) >= 11 is 4.96. The van der Waals surface area contributed by atoms with Crippen LogP contribution in [-0.2, 0) is 0 Å². The number of thiophene rings is 1. The number of carbonyl (C=O) groups excluding carboxylic acids is 1. The molecule has 0 amide bonds. The van der Waals surface area contributed by atoms with E-state index >= 15 is 0 Å². The van der Waals surface area contributed by atoms with E-state index in [4.69, 9.17) is 0 Å². The SMILES string of the molecule is O=C(c1csc(Br)c1)C1CCCC1. The number of ketones is 1. The van der Waals surface area contributed by atoms with Gasteiger partial charge in [0.1, 0.15) is 0 Å². The van der Waals surface area contributed by atoms with Crippen molar-refractivity contribution in [3.8, 4) is 0 Å². The minimum absolute atomic E-state index is 0.307. The Hall–Kier alpha value is -0.150. The minimum atomic E-state index is 0.307. The summed E-state index contributed by atoms with van der Waals surface area (Å²) in [5.41, 5.74) is 0.892. The van der Waals surface area contributed by atoms with E-state index in [1.165, 1.54) is 12.8 Å². The van der Waals surface area contributed by atoms with Crippen molar-refractivity contribution in [2.45, 2.75) is 25.7 Å². The fraction of sp³-hybridized carbons (Fsp3) is 0.500. The molecule has 0 bridgehead atoms. The molecule has 0 aromatic carbocycles. The third-order valence-electron chi connectivity index (χ3n) is 2.58. The predicted octanol–water partition coefficient (Wildman–Crippen LogP) is 3.88. The number of hydrogen-bond donors (Lipinski definition) is 0. The summed E-state index contributed by atoms with van der Waals surface area (Å²) in [4.78, 5) is 11.8. The average molecular weight is 259 g/mol. The van der Waals surface area contributed by atoms with Gasteiger partial charge in [0.2, 0.25) is 0 Å². The number of rotatable bonds is 2. The first-order valence-electron chi connectivity index (χ1n) is 4.55. The molecule has 0 atom stereocenters. The maximum Gasteiger partial charge on any atom is 0.166 e. The minimum Gasteiger partial charge on any atom is -0.294 e. The van der Waals surface area contributed by atoms with Gasteiger partial charge in [-0.05, 0) is 34.8 Å². The second-order valence-corrected chi connectivity index (χ2v) is 5.78. The van der Waals surface area contributed by atoms with Crippen molar-refractivity contribution in [3.05, 3.63) is 20.8 Å². The van der Waals surface area contributed by atoms with Crippen molar-refractivity contribution < 1.29 is 4.79 Å². The molecule has 1 aromatic rings. The quantitative estimate of drug-likeness (QED) is 0.736. The standard InChI is InChI=1S/C10H11BrOS/c11-9-5-8(6-13-9)10(12)7-3-1-2-4-7/h5-7H,1-4H2. The molecule has 0 aliphatic heterocycles. The molecule has 1 aliphatic carbocycles. The Labute approximate surface area is 90.3 Å². The van der Waals surface area contributed by atoms with E-state index < -0.39 is 0 Å². The first-order chi connectivity index (χ1) is 6.27. The Morgan fingerprint density at radius 3 is 2.69 bits per heavy atom. The van der Waals surface area contributed by atoms with Gasteiger partial charge in [-0.3, -0.25) is 4.79 Å². The monoisotopic (exact) mass is 258 g/mol. The first-order valence-corrected chi connectivity index (χ1v) is 6.23. The van der Waals surface area contributed by atoms with Gasteiger partial charge in [0.05, 0.1) is 3.79 Å². The summed E-state index contributed by atoms with van der Waals surface area (Å²) in [5, 5.41) is 1.95. The van der Waals surface area contributed by atoms with E-state index in [1.807, 2.05) is 11.4 Å². The molecule has 1 heterocycles. The highest BCUT2D eigenvalue weighted by Crippen LogP contribution is 2.30. The van der Waals surface area contributed by atoms with Crippen molar-refractivity contribution >= 4 is 33.0 Å². The molecule has 0 unspecified atom stereocenters. The molecule has 0 N–H and O–H groups in total. The van der Waals surface area contributed by atoms with Crippen molar-refractivity contribution in [1.82, 2.24) is 0 Å². The van der Waals surface area contributed by atoms with Crippen LogP contribution in [0.3, 0.4) is 0 Å². The zero-order chi connectivity index (χ0) is 9.26. The summed E-state index contributed by atoms with van der Waals surface area (Å²) in [7, 11) is 0. The second kappa shape index (κ2) is 3.93. The van der Waals surface area contributed by atoms with Crippen molar-refractivity contribution in [2.24, 2.45) is 5.92 Å². The third-order valence-corrected chi connectivity index (χ3v) is 4.08. The molecule has 1 nitrogen and oxygen atoms in total. The lowest BCUT2D eigenvalue weighted by atomic mass is 9.98. The van der Waals surface area contributed by atoms with Gasteiger partial charge in [-0.25, -0.2) is 0 Å². The van der Waals surface area contributed by atoms with Crippen molar-refractivity contribution in [2.75, 3.05) is 0 Å². The zero-order valence-electron chi connectivity index (χ0n) is 7.25. The predicted molar refractivity (Wildman–Crippen MR) is 58.3 cm³/mol. The Kier molecular flexibility index (Phi) is 2.84. The van der Waals surface area contributed by atoms with Crippen molar-refractivity contribution in [1.29, 1.82) is 0 Å². The molecule has 0 spiro atoms. The van der Waals surface area contributed by atoms with Crippen LogP contribution in [0.1, 0.15) is 36.0 Å². The maximum absolute atomic E-state index is 11.8. The first kappa shape index (κ1) is 9.41. The van der Waals surface area contributed by atoms with Crippen LogP contribution in [0.2, 0.25) is 0 Å². The van der Waals surface area contributed by atoms with Gasteiger partial charge in [0.15, 0.2) is 5.78 Å². The fourth-order valence-corrected chi connectivity index (χ4v) is 3.01. The van der Waals surface area contributed by atoms with Crippen LogP contribution in [0.25, 0.3) is 0 Å². The summed E-state index contributed by atoms with van der Waals surface area (Å²) < 4.78 is 1.05. The summed E-state index contributed by atoms with van der Waals surface area (Å²) in [6.07, 6.45) is 4.63. The molecule has 0 radical (unpaired) electrons.